The van der Waals surface area contributed by atoms with E-state index in [1.165, 1.54) is 24.0 Å². The molecule has 0 heterocycles. The van der Waals surface area contributed by atoms with Crippen molar-refractivity contribution in [3.05, 3.63) is 35.4 Å². The van der Waals surface area contributed by atoms with Crippen LogP contribution in [0.2, 0.25) is 0 Å². The van der Waals surface area contributed by atoms with Crippen LogP contribution in [0.1, 0.15) is 63.7 Å². The van der Waals surface area contributed by atoms with Crippen molar-refractivity contribution in [2.75, 3.05) is 0 Å². The van der Waals surface area contributed by atoms with Gasteiger partial charge in [-0.2, -0.15) is 0 Å². The van der Waals surface area contributed by atoms with Crippen molar-refractivity contribution >= 4 is 0 Å². The molecule has 0 aromatic heterocycles. The molecular formula is C17H26O. The zero-order valence-corrected chi connectivity index (χ0v) is 11.9. The third-order valence-corrected chi connectivity index (χ3v) is 4.11. The van der Waals surface area contributed by atoms with E-state index in [9.17, 15) is 5.11 Å². The highest BCUT2D eigenvalue weighted by molar-refractivity contribution is 5.30. The minimum atomic E-state index is -0.258. The lowest BCUT2D eigenvalue weighted by molar-refractivity contribution is 0.0918. The number of aliphatic hydroxyl groups is 1. The highest BCUT2D eigenvalue weighted by atomic mass is 16.3. The fraction of sp³-hybridized carbons (Fsp3) is 0.647. The summed E-state index contributed by atoms with van der Waals surface area (Å²) in [4.78, 5) is 0. The molecular weight excluding hydrogens is 220 g/mol. The Balaban J connectivity index is 2.10. The number of fused-ring (bicyclic) bond motifs is 1. The highest BCUT2D eigenvalue weighted by Crippen LogP contribution is 2.37. The smallest absolute Gasteiger partial charge is 0.0820 e. The predicted molar refractivity (Wildman–Crippen MR) is 76.5 cm³/mol. The van der Waals surface area contributed by atoms with Crippen LogP contribution in [0.15, 0.2) is 24.3 Å². The molecule has 0 amide bonds. The van der Waals surface area contributed by atoms with Gasteiger partial charge in [-0.05, 0) is 54.6 Å². The maximum Gasteiger partial charge on any atom is 0.0820 e. The van der Waals surface area contributed by atoms with Crippen molar-refractivity contribution in [2.24, 2.45) is 11.3 Å². The first-order chi connectivity index (χ1) is 8.47. The Bertz CT molecular complexity index is 389. The molecule has 1 aliphatic carbocycles. The van der Waals surface area contributed by atoms with Crippen molar-refractivity contribution < 1.29 is 5.11 Å². The Kier molecular flexibility index (Phi) is 4.11. The van der Waals surface area contributed by atoms with Gasteiger partial charge in [0.1, 0.15) is 0 Å². The van der Waals surface area contributed by atoms with E-state index in [-0.39, 0.29) is 6.10 Å². The summed E-state index contributed by atoms with van der Waals surface area (Å²) in [5.41, 5.74) is 2.89. The van der Waals surface area contributed by atoms with E-state index < -0.39 is 0 Å². The number of rotatable bonds is 2. The summed E-state index contributed by atoms with van der Waals surface area (Å²) in [7, 11) is 0. The van der Waals surface area contributed by atoms with Gasteiger partial charge in [0.25, 0.3) is 0 Å². The molecule has 2 rings (SSSR count). The summed E-state index contributed by atoms with van der Waals surface area (Å²) < 4.78 is 0. The zero-order valence-electron chi connectivity index (χ0n) is 11.9. The van der Waals surface area contributed by atoms with E-state index in [1.54, 1.807) is 0 Å². The molecule has 2 atom stereocenters. The van der Waals surface area contributed by atoms with E-state index in [0.29, 0.717) is 11.3 Å². The Hall–Kier alpha value is -0.820. The molecule has 0 bridgehead atoms. The molecule has 1 aromatic rings. The molecule has 2 unspecified atom stereocenters. The van der Waals surface area contributed by atoms with E-state index >= 15 is 0 Å². The molecule has 0 aliphatic heterocycles. The Labute approximate surface area is 111 Å². The normalized spacial score (nSPS) is 24.4. The van der Waals surface area contributed by atoms with Gasteiger partial charge in [-0.25, -0.2) is 0 Å². The number of benzene rings is 1. The summed E-state index contributed by atoms with van der Waals surface area (Å²) in [6.45, 7) is 6.85. The monoisotopic (exact) mass is 246 g/mol. The van der Waals surface area contributed by atoms with Gasteiger partial charge in [-0.3, -0.25) is 0 Å². The third kappa shape index (κ3) is 3.35. The molecule has 1 nitrogen and oxygen atoms in total. The Morgan fingerprint density at radius 3 is 2.67 bits per heavy atom. The summed E-state index contributed by atoms with van der Waals surface area (Å²) in [6, 6.07) is 8.41. The average Bonchev–Trinajstić information content (AvgIpc) is 2.46. The van der Waals surface area contributed by atoms with Crippen LogP contribution in [-0.4, -0.2) is 5.11 Å². The van der Waals surface area contributed by atoms with Crippen LogP contribution in [0.5, 0.6) is 0 Å². The fourth-order valence-corrected chi connectivity index (χ4v) is 2.94. The lowest BCUT2D eigenvalue weighted by atomic mass is 9.82. The second kappa shape index (κ2) is 5.44. The molecule has 0 saturated carbocycles. The van der Waals surface area contributed by atoms with Gasteiger partial charge in [-0.1, -0.05) is 45.0 Å². The first kappa shape index (κ1) is 13.6. The fourth-order valence-electron chi connectivity index (χ4n) is 2.94. The van der Waals surface area contributed by atoms with E-state index in [4.69, 9.17) is 0 Å². The minimum absolute atomic E-state index is 0.258. The van der Waals surface area contributed by atoms with Crippen molar-refractivity contribution in [3.63, 3.8) is 0 Å². The quantitative estimate of drug-likeness (QED) is 0.762. The van der Waals surface area contributed by atoms with Gasteiger partial charge in [0, 0.05) is 0 Å². The van der Waals surface area contributed by atoms with E-state index in [1.807, 2.05) is 6.07 Å². The second-order valence-electron chi connectivity index (χ2n) is 6.90. The van der Waals surface area contributed by atoms with Crippen LogP contribution in [0.4, 0.5) is 0 Å². The Morgan fingerprint density at radius 2 is 1.94 bits per heavy atom. The van der Waals surface area contributed by atoms with Crippen LogP contribution < -0.4 is 0 Å². The summed E-state index contributed by atoms with van der Waals surface area (Å²) in [6.07, 6.45) is 5.57. The van der Waals surface area contributed by atoms with Gasteiger partial charge < -0.3 is 5.11 Å². The first-order valence-electron chi connectivity index (χ1n) is 7.23. The van der Waals surface area contributed by atoms with Gasteiger partial charge in [0.15, 0.2) is 0 Å². The van der Waals surface area contributed by atoms with Crippen molar-refractivity contribution in [1.82, 2.24) is 0 Å². The molecule has 0 saturated heterocycles. The second-order valence-corrected chi connectivity index (χ2v) is 6.90. The number of hydrogen-bond acceptors (Lipinski definition) is 1. The van der Waals surface area contributed by atoms with Crippen LogP contribution in [0.25, 0.3) is 0 Å². The topological polar surface area (TPSA) is 20.2 Å². The molecule has 0 radical (unpaired) electrons. The minimum Gasteiger partial charge on any atom is -0.388 e. The summed E-state index contributed by atoms with van der Waals surface area (Å²) in [5.74, 6) is 0.438. The van der Waals surface area contributed by atoms with E-state index in [2.05, 4.69) is 39.0 Å². The predicted octanol–water partition coefficient (Wildman–Crippen LogP) is 4.50. The van der Waals surface area contributed by atoms with Crippen molar-refractivity contribution in [3.8, 4) is 0 Å². The highest BCUT2D eigenvalue weighted by Gasteiger charge is 2.26. The summed E-state index contributed by atoms with van der Waals surface area (Å²) in [5, 5.41) is 10.6. The molecule has 0 fully saturated rings. The maximum atomic E-state index is 10.6. The van der Waals surface area contributed by atoms with E-state index in [0.717, 1.165) is 19.3 Å². The largest absolute Gasteiger partial charge is 0.388 e. The Morgan fingerprint density at radius 1 is 1.22 bits per heavy atom. The number of hydrogen-bond donors (Lipinski definition) is 1. The van der Waals surface area contributed by atoms with Crippen LogP contribution >= 0.6 is 0 Å². The number of aliphatic hydroxyl groups excluding tert-OH is 1. The molecule has 1 N–H and O–H groups in total. The molecule has 1 heteroatoms. The lowest BCUT2D eigenvalue weighted by Gasteiger charge is -2.26. The first-order valence-corrected chi connectivity index (χ1v) is 7.23. The SMILES string of the molecule is CC(C)(C)CCC1CCCc2ccccc2C1O. The van der Waals surface area contributed by atoms with Crippen LogP contribution in [0.3, 0.4) is 0 Å². The molecule has 0 spiro atoms. The molecule has 18 heavy (non-hydrogen) atoms. The standard InChI is InChI=1S/C17H26O/c1-17(2,3)12-11-14-9-6-8-13-7-4-5-10-15(13)16(14)18/h4-5,7,10,14,16,18H,6,8-9,11-12H2,1-3H3. The maximum absolute atomic E-state index is 10.6. The molecule has 100 valence electrons. The van der Waals surface area contributed by atoms with Crippen molar-refractivity contribution in [2.45, 2.75) is 59.0 Å². The van der Waals surface area contributed by atoms with Gasteiger partial charge in [0.2, 0.25) is 0 Å². The molecule has 1 aliphatic rings. The van der Waals surface area contributed by atoms with Crippen molar-refractivity contribution in [1.29, 1.82) is 0 Å². The molecule has 1 aromatic carbocycles. The van der Waals surface area contributed by atoms with Gasteiger partial charge >= 0.3 is 0 Å². The summed E-state index contributed by atoms with van der Waals surface area (Å²) >= 11 is 0. The third-order valence-electron chi connectivity index (χ3n) is 4.11. The lowest BCUT2D eigenvalue weighted by Crippen LogP contribution is -2.15. The van der Waals surface area contributed by atoms with Crippen LogP contribution in [0, 0.1) is 11.3 Å². The van der Waals surface area contributed by atoms with Gasteiger partial charge in [0.05, 0.1) is 6.10 Å². The number of aryl methyl sites for hydroxylation is 1. The zero-order chi connectivity index (χ0) is 13.2. The van der Waals surface area contributed by atoms with Crippen LogP contribution in [-0.2, 0) is 6.42 Å². The average molecular weight is 246 g/mol. The van der Waals surface area contributed by atoms with Gasteiger partial charge in [-0.15, -0.1) is 0 Å².